The van der Waals surface area contributed by atoms with Gasteiger partial charge in [-0.2, -0.15) is 0 Å². The van der Waals surface area contributed by atoms with E-state index in [-0.39, 0.29) is 5.41 Å². The first kappa shape index (κ1) is 13.1. The van der Waals surface area contributed by atoms with Crippen molar-refractivity contribution in [2.24, 2.45) is 5.73 Å². The second-order valence-electron chi connectivity index (χ2n) is 5.58. The molecular formula is C16H22N2. The van der Waals surface area contributed by atoms with E-state index in [4.69, 9.17) is 5.73 Å². The smallest absolute Gasteiger partial charge is 0.0429 e. The third-order valence-electron chi connectivity index (χ3n) is 3.49. The van der Waals surface area contributed by atoms with Crippen LogP contribution in [0.25, 0.3) is 10.8 Å². The van der Waals surface area contributed by atoms with E-state index in [9.17, 15) is 0 Å². The van der Waals surface area contributed by atoms with Crippen LogP contribution in [0.5, 0.6) is 0 Å². The van der Waals surface area contributed by atoms with Crippen LogP contribution in [-0.4, -0.2) is 13.2 Å². The zero-order valence-electron chi connectivity index (χ0n) is 11.5. The number of rotatable bonds is 4. The number of nitrogens with one attached hydrogen (secondary N) is 1. The van der Waals surface area contributed by atoms with Crippen molar-refractivity contribution in [3.05, 3.63) is 47.5 Å². The second-order valence-corrected chi connectivity index (χ2v) is 5.58. The molecule has 2 nitrogen and oxygen atoms in total. The number of hydrogen-bond donors (Lipinski definition) is 2. The van der Waals surface area contributed by atoms with E-state index in [1.54, 1.807) is 0 Å². The Labute approximate surface area is 109 Å². The maximum atomic E-state index is 5.51. The summed E-state index contributed by atoms with van der Waals surface area (Å²) >= 11 is 0. The van der Waals surface area contributed by atoms with E-state index < -0.39 is 0 Å². The van der Waals surface area contributed by atoms with Crippen LogP contribution < -0.4 is 11.1 Å². The maximum Gasteiger partial charge on any atom is 0.0429 e. The van der Waals surface area contributed by atoms with E-state index in [0.29, 0.717) is 6.67 Å². The molecule has 2 aromatic carbocycles. The summed E-state index contributed by atoms with van der Waals surface area (Å²) in [5, 5.41) is 5.83. The molecule has 2 rings (SSSR count). The van der Waals surface area contributed by atoms with E-state index in [2.05, 4.69) is 62.5 Å². The normalized spacial score (nSPS) is 12.0. The van der Waals surface area contributed by atoms with Crippen LogP contribution in [0.1, 0.15) is 25.0 Å². The molecular weight excluding hydrogens is 220 g/mol. The summed E-state index contributed by atoms with van der Waals surface area (Å²) in [7, 11) is 0. The van der Waals surface area contributed by atoms with Crippen LogP contribution >= 0.6 is 0 Å². The van der Waals surface area contributed by atoms with Gasteiger partial charge in [-0.05, 0) is 23.3 Å². The minimum atomic E-state index is 0.0957. The van der Waals surface area contributed by atoms with Gasteiger partial charge in [-0.15, -0.1) is 0 Å². The molecule has 18 heavy (non-hydrogen) atoms. The third-order valence-corrected chi connectivity index (χ3v) is 3.49. The monoisotopic (exact) mass is 242 g/mol. The van der Waals surface area contributed by atoms with Gasteiger partial charge in [0.25, 0.3) is 0 Å². The molecule has 3 N–H and O–H groups in total. The average molecular weight is 242 g/mol. The van der Waals surface area contributed by atoms with Crippen molar-refractivity contribution in [3.8, 4) is 0 Å². The molecule has 0 spiro atoms. The van der Waals surface area contributed by atoms with Crippen LogP contribution in [0, 0.1) is 6.92 Å². The highest BCUT2D eigenvalue weighted by Crippen LogP contribution is 2.26. The van der Waals surface area contributed by atoms with E-state index in [0.717, 1.165) is 6.54 Å². The molecule has 2 heteroatoms. The maximum absolute atomic E-state index is 5.51. The summed E-state index contributed by atoms with van der Waals surface area (Å²) < 4.78 is 0. The number of nitrogens with two attached hydrogens (primary N) is 1. The molecule has 0 amide bonds. The lowest BCUT2D eigenvalue weighted by Gasteiger charge is -2.26. The summed E-state index contributed by atoms with van der Waals surface area (Å²) in [4.78, 5) is 0. The van der Waals surface area contributed by atoms with Gasteiger partial charge in [-0.1, -0.05) is 55.8 Å². The molecule has 0 fully saturated rings. The van der Waals surface area contributed by atoms with Crippen molar-refractivity contribution >= 4 is 10.8 Å². The van der Waals surface area contributed by atoms with E-state index in [1.165, 1.54) is 21.9 Å². The third kappa shape index (κ3) is 2.71. The predicted octanol–water partition coefficient (Wildman–Crippen LogP) is 2.93. The largest absolute Gasteiger partial charge is 0.318 e. The molecule has 0 aromatic heterocycles. The van der Waals surface area contributed by atoms with Gasteiger partial charge >= 0.3 is 0 Å². The molecule has 0 aliphatic carbocycles. The van der Waals surface area contributed by atoms with Gasteiger partial charge in [0, 0.05) is 18.6 Å². The summed E-state index contributed by atoms with van der Waals surface area (Å²) in [5.41, 5.74) is 8.26. The zero-order valence-corrected chi connectivity index (χ0v) is 11.5. The fourth-order valence-electron chi connectivity index (χ4n) is 2.27. The SMILES string of the molecule is Cc1ccc2cc(C(C)(C)CNCN)ccc2c1. The van der Waals surface area contributed by atoms with Crippen molar-refractivity contribution < 1.29 is 0 Å². The highest BCUT2D eigenvalue weighted by Gasteiger charge is 2.19. The summed E-state index contributed by atoms with van der Waals surface area (Å²) in [6, 6.07) is 13.3. The highest BCUT2D eigenvalue weighted by atomic mass is 15.0. The number of fused-ring (bicyclic) bond motifs is 1. The Hall–Kier alpha value is -1.38. The fraction of sp³-hybridized carbons (Fsp3) is 0.375. The van der Waals surface area contributed by atoms with Crippen LogP contribution in [0.2, 0.25) is 0 Å². The fourth-order valence-corrected chi connectivity index (χ4v) is 2.27. The lowest BCUT2D eigenvalue weighted by Crippen LogP contribution is -2.35. The average Bonchev–Trinajstić information content (AvgIpc) is 2.35. The summed E-state index contributed by atoms with van der Waals surface area (Å²) in [6.07, 6.45) is 0. The van der Waals surface area contributed by atoms with Gasteiger partial charge in [0.1, 0.15) is 0 Å². The topological polar surface area (TPSA) is 38.0 Å². The van der Waals surface area contributed by atoms with Crippen molar-refractivity contribution in [2.45, 2.75) is 26.2 Å². The Morgan fingerprint density at radius 1 is 1.06 bits per heavy atom. The highest BCUT2D eigenvalue weighted by molar-refractivity contribution is 5.84. The van der Waals surface area contributed by atoms with Gasteiger partial charge < -0.3 is 11.1 Å². The Bertz CT molecular complexity index is 544. The molecule has 2 aromatic rings. The Morgan fingerprint density at radius 2 is 1.72 bits per heavy atom. The summed E-state index contributed by atoms with van der Waals surface area (Å²) in [5.74, 6) is 0. The lowest BCUT2D eigenvalue weighted by molar-refractivity contribution is 0.475. The quantitative estimate of drug-likeness (QED) is 0.809. The standard InChI is InChI=1S/C16H22N2/c1-12-4-5-14-9-15(7-6-13(14)8-12)16(2,3)10-18-11-17/h4-9,18H,10-11,17H2,1-3H3. The number of hydrogen-bond acceptors (Lipinski definition) is 2. The van der Waals surface area contributed by atoms with Crippen molar-refractivity contribution in [3.63, 3.8) is 0 Å². The lowest BCUT2D eigenvalue weighted by atomic mass is 9.83. The first-order chi connectivity index (χ1) is 8.53. The van der Waals surface area contributed by atoms with Gasteiger partial charge in [-0.3, -0.25) is 0 Å². The van der Waals surface area contributed by atoms with Gasteiger partial charge in [-0.25, -0.2) is 0 Å². The van der Waals surface area contributed by atoms with Crippen LogP contribution in [0.4, 0.5) is 0 Å². The molecule has 0 radical (unpaired) electrons. The molecule has 0 heterocycles. The van der Waals surface area contributed by atoms with Crippen LogP contribution in [0.3, 0.4) is 0 Å². The van der Waals surface area contributed by atoms with Crippen molar-refractivity contribution in [2.75, 3.05) is 13.2 Å². The summed E-state index contributed by atoms with van der Waals surface area (Å²) in [6.45, 7) is 8.02. The molecule has 0 aliphatic rings. The molecule has 0 aliphatic heterocycles. The van der Waals surface area contributed by atoms with E-state index in [1.807, 2.05) is 0 Å². The number of aryl methyl sites for hydroxylation is 1. The van der Waals surface area contributed by atoms with Gasteiger partial charge in [0.15, 0.2) is 0 Å². The van der Waals surface area contributed by atoms with Gasteiger partial charge in [0.2, 0.25) is 0 Å². The van der Waals surface area contributed by atoms with Crippen molar-refractivity contribution in [1.82, 2.24) is 5.32 Å². The minimum Gasteiger partial charge on any atom is -0.318 e. The number of benzene rings is 2. The zero-order chi connectivity index (χ0) is 13.2. The Morgan fingerprint density at radius 3 is 2.44 bits per heavy atom. The van der Waals surface area contributed by atoms with Crippen LogP contribution in [-0.2, 0) is 5.41 Å². The molecule has 0 bridgehead atoms. The molecule has 96 valence electrons. The molecule has 0 atom stereocenters. The van der Waals surface area contributed by atoms with E-state index >= 15 is 0 Å². The Kier molecular flexibility index (Phi) is 3.69. The van der Waals surface area contributed by atoms with Crippen LogP contribution in [0.15, 0.2) is 36.4 Å². The van der Waals surface area contributed by atoms with Crippen molar-refractivity contribution in [1.29, 1.82) is 0 Å². The first-order valence-corrected chi connectivity index (χ1v) is 6.44. The first-order valence-electron chi connectivity index (χ1n) is 6.44. The predicted molar refractivity (Wildman–Crippen MR) is 78.8 cm³/mol. The molecule has 0 unspecified atom stereocenters. The molecule has 0 saturated heterocycles. The molecule has 0 saturated carbocycles. The Balaban J connectivity index is 2.37. The minimum absolute atomic E-state index is 0.0957. The van der Waals surface area contributed by atoms with Gasteiger partial charge in [0.05, 0.1) is 0 Å². The second kappa shape index (κ2) is 5.09.